The minimum absolute atomic E-state index is 0.150. The molecule has 0 saturated heterocycles. The van der Waals surface area contributed by atoms with Crippen LogP contribution in [-0.4, -0.2) is 15.7 Å². The molecule has 1 amide bonds. The minimum Gasteiger partial charge on any atom is -0.489 e. The topological polar surface area (TPSA) is 56.2 Å². The highest BCUT2D eigenvalue weighted by molar-refractivity contribution is 5.94. The van der Waals surface area contributed by atoms with Crippen molar-refractivity contribution in [2.24, 2.45) is 0 Å². The summed E-state index contributed by atoms with van der Waals surface area (Å²) in [6, 6.07) is 27.0. The molecule has 29 heavy (non-hydrogen) atoms. The van der Waals surface area contributed by atoms with Gasteiger partial charge in [0.25, 0.3) is 5.91 Å². The number of para-hydroxylation sites is 1. The van der Waals surface area contributed by atoms with Crippen molar-refractivity contribution in [2.45, 2.75) is 13.2 Å². The Bertz CT molecular complexity index is 1080. The molecule has 0 bridgehead atoms. The standard InChI is InChI=1S/C24H21N3O2/c28-24(25-15-20-16-26-27(17-20)22-11-5-2-6-12-22)21-10-7-13-23(14-21)29-18-19-8-3-1-4-9-19/h1-14,16-17H,15,18H2,(H,25,28). The fourth-order valence-electron chi connectivity index (χ4n) is 2.93. The zero-order valence-electron chi connectivity index (χ0n) is 15.9. The third-order valence-electron chi connectivity index (χ3n) is 4.45. The molecule has 0 aliphatic rings. The number of amides is 1. The van der Waals surface area contributed by atoms with Gasteiger partial charge in [-0.05, 0) is 35.9 Å². The van der Waals surface area contributed by atoms with E-state index in [4.69, 9.17) is 4.74 Å². The van der Waals surface area contributed by atoms with Crippen LogP contribution in [0.15, 0.2) is 97.3 Å². The Morgan fingerprint density at radius 3 is 2.45 bits per heavy atom. The lowest BCUT2D eigenvalue weighted by molar-refractivity contribution is 0.0950. The summed E-state index contributed by atoms with van der Waals surface area (Å²) in [5, 5.41) is 7.28. The lowest BCUT2D eigenvalue weighted by Crippen LogP contribution is -2.22. The van der Waals surface area contributed by atoms with Gasteiger partial charge in [0.15, 0.2) is 0 Å². The molecule has 1 aromatic heterocycles. The average Bonchev–Trinajstić information content (AvgIpc) is 3.27. The second-order valence-corrected chi connectivity index (χ2v) is 6.61. The fraction of sp³-hybridized carbons (Fsp3) is 0.0833. The van der Waals surface area contributed by atoms with E-state index < -0.39 is 0 Å². The summed E-state index contributed by atoms with van der Waals surface area (Å²) in [5.74, 6) is 0.515. The lowest BCUT2D eigenvalue weighted by atomic mass is 10.2. The van der Waals surface area contributed by atoms with Crippen LogP contribution in [0.25, 0.3) is 5.69 Å². The number of hydrogen-bond donors (Lipinski definition) is 1. The highest BCUT2D eigenvalue weighted by Crippen LogP contribution is 2.15. The van der Waals surface area contributed by atoms with Crippen molar-refractivity contribution in [3.8, 4) is 11.4 Å². The second kappa shape index (κ2) is 8.89. The molecule has 3 aromatic carbocycles. The maximum Gasteiger partial charge on any atom is 0.251 e. The summed E-state index contributed by atoms with van der Waals surface area (Å²) < 4.78 is 7.60. The summed E-state index contributed by atoms with van der Waals surface area (Å²) in [5.41, 5.74) is 3.55. The second-order valence-electron chi connectivity index (χ2n) is 6.61. The molecule has 1 heterocycles. The summed E-state index contributed by atoms with van der Waals surface area (Å²) in [7, 11) is 0. The summed E-state index contributed by atoms with van der Waals surface area (Å²) >= 11 is 0. The number of rotatable bonds is 7. The van der Waals surface area contributed by atoms with Crippen molar-refractivity contribution in [1.29, 1.82) is 0 Å². The van der Waals surface area contributed by atoms with Crippen LogP contribution in [0, 0.1) is 0 Å². The fourth-order valence-corrected chi connectivity index (χ4v) is 2.93. The number of benzene rings is 3. The van der Waals surface area contributed by atoms with Gasteiger partial charge in [0.05, 0.1) is 11.9 Å². The van der Waals surface area contributed by atoms with Gasteiger partial charge >= 0.3 is 0 Å². The quantitative estimate of drug-likeness (QED) is 0.515. The number of hydrogen-bond acceptors (Lipinski definition) is 3. The molecule has 0 aliphatic heterocycles. The minimum atomic E-state index is -0.150. The van der Waals surface area contributed by atoms with Gasteiger partial charge in [-0.2, -0.15) is 5.10 Å². The van der Waals surface area contributed by atoms with E-state index in [9.17, 15) is 4.79 Å². The van der Waals surface area contributed by atoms with Gasteiger partial charge in [0.2, 0.25) is 0 Å². The number of ether oxygens (including phenoxy) is 1. The molecule has 5 heteroatoms. The first-order chi connectivity index (χ1) is 14.3. The van der Waals surface area contributed by atoms with Gasteiger partial charge in [-0.15, -0.1) is 0 Å². The van der Waals surface area contributed by atoms with Crippen LogP contribution in [-0.2, 0) is 13.2 Å². The van der Waals surface area contributed by atoms with E-state index >= 15 is 0 Å². The third kappa shape index (κ3) is 4.90. The van der Waals surface area contributed by atoms with Gasteiger partial charge in [0, 0.05) is 23.9 Å². The van der Waals surface area contributed by atoms with Crippen LogP contribution in [0.1, 0.15) is 21.5 Å². The van der Waals surface area contributed by atoms with Crippen LogP contribution < -0.4 is 10.1 Å². The molecule has 0 fully saturated rings. The van der Waals surface area contributed by atoms with Gasteiger partial charge in [0.1, 0.15) is 12.4 Å². The normalized spacial score (nSPS) is 10.5. The molecule has 0 spiro atoms. The Hall–Kier alpha value is -3.86. The van der Waals surface area contributed by atoms with Crippen molar-refractivity contribution >= 4 is 5.91 Å². The van der Waals surface area contributed by atoms with E-state index in [0.717, 1.165) is 16.8 Å². The highest BCUT2D eigenvalue weighted by Gasteiger charge is 2.08. The average molecular weight is 383 g/mol. The smallest absolute Gasteiger partial charge is 0.251 e. The first-order valence-electron chi connectivity index (χ1n) is 9.42. The molecule has 1 N–H and O–H groups in total. The Morgan fingerprint density at radius 1 is 0.897 bits per heavy atom. The predicted octanol–water partition coefficient (Wildman–Crippen LogP) is 4.38. The predicted molar refractivity (Wildman–Crippen MR) is 112 cm³/mol. The molecule has 0 aliphatic carbocycles. The molecule has 0 radical (unpaired) electrons. The van der Waals surface area contributed by atoms with Crippen molar-refractivity contribution in [1.82, 2.24) is 15.1 Å². The molecular weight excluding hydrogens is 362 g/mol. The SMILES string of the molecule is O=C(NCc1cnn(-c2ccccc2)c1)c1cccc(OCc2ccccc2)c1. The monoisotopic (exact) mass is 383 g/mol. The van der Waals surface area contributed by atoms with Crippen molar-refractivity contribution in [2.75, 3.05) is 0 Å². The largest absolute Gasteiger partial charge is 0.489 e. The van der Waals surface area contributed by atoms with Crippen LogP contribution in [0.2, 0.25) is 0 Å². The van der Waals surface area contributed by atoms with E-state index in [1.807, 2.05) is 79.0 Å². The molecule has 5 nitrogen and oxygen atoms in total. The maximum absolute atomic E-state index is 12.5. The molecule has 0 atom stereocenters. The van der Waals surface area contributed by atoms with Gasteiger partial charge < -0.3 is 10.1 Å². The molecule has 0 saturated carbocycles. The highest BCUT2D eigenvalue weighted by atomic mass is 16.5. The van der Waals surface area contributed by atoms with Gasteiger partial charge in [-0.25, -0.2) is 4.68 Å². The number of nitrogens with zero attached hydrogens (tertiary/aromatic N) is 2. The zero-order valence-corrected chi connectivity index (χ0v) is 15.9. The van der Waals surface area contributed by atoms with Crippen molar-refractivity contribution in [3.05, 3.63) is 114 Å². The first-order valence-corrected chi connectivity index (χ1v) is 9.42. The summed E-state index contributed by atoms with van der Waals surface area (Å²) in [6.45, 7) is 0.866. The number of nitrogens with one attached hydrogen (secondary N) is 1. The Kier molecular flexibility index (Phi) is 5.67. The molecule has 4 aromatic rings. The maximum atomic E-state index is 12.5. The molecule has 4 rings (SSSR count). The van der Waals surface area contributed by atoms with E-state index in [-0.39, 0.29) is 5.91 Å². The Labute approximate surface area is 169 Å². The molecule has 0 unspecified atom stereocenters. The third-order valence-corrected chi connectivity index (χ3v) is 4.45. The van der Waals surface area contributed by atoms with E-state index in [0.29, 0.717) is 24.5 Å². The van der Waals surface area contributed by atoms with E-state index in [1.54, 1.807) is 23.0 Å². The number of carbonyl (C=O) groups excluding carboxylic acids is 1. The zero-order chi connectivity index (χ0) is 19.9. The van der Waals surface area contributed by atoms with Gasteiger partial charge in [-0.1, -0.05) is 54.6 Å². The first kappa shape index (κ1) is 18.5. The van der Waals surface area contributed by atoms with Gasteiger partial charge in [-0.3, -0.25) is 4.79 Å². The van der Waals surface area contributed by atoms with Crippen LogP contribution >= 0.6 is 0 Å². The van der Waals surface area contributed by atoms with Crippen molar-refractivity contribution < 1.29 is 9.53 Å². The lowest BCUT2D eigenvalue weighted by Gasteiger charge is -2.08. The Balaban J connectivity index is 1.35. The molecular formula is C24H21N3O2. The number of aromatic nitrogens is 2. The number of carbonyl (C=O) groups is 1. The van der Waals surface area contributed by atoms with E-state index in [2.05, 4.69) is 10.4 Å². The summed E-state index contributed by atoms with van der Waals surface area (Å²) in [6.07, 6.45) is 3.67. The Morgan fingerprint density at radius 2 is 1.66 bits per heavy atom. The van der Waals surface area contributed by atoms with Crippen molar-refractivity contribution in [3.63, 3.8) is 0 Å². The van der Waals surface area contributed by atoms with E-state index in [1.165, 1.54) is 0 Å². The van der Waals surface area contributed by atoms with Crippen LogP contribution in [0.5, 0.6) is 5.75 Å². The molecule has 144 valence electrons. The van der Waals surface area contributed by atoms with Crippen LogP contribution in [0.3, 0.4) is 0 Å². The summed E-state index contributed by atoms with van der Waals surface area (Å²) in [4.78, 5) is 12.5. The van der Waals surface area contributed by atoms with Crippen LogP contribution in [0.4, 0.5) is 0 Å².